The van der Waals surface area contributed by atoms with Gasteiger partial charge in [0, 0.05) is 15.4 Å². The molecule has 1 heterocycles. The number of ether oxygens (including phenoxy) is 2. The van der Waals surface area contributed by atoms with E-state index in [0.717, 1.165) is 43.9 Å². The third kappa shape index (κ3) is 3.41. The van der Waals surface area contributed by atoms with Gasteiger partial charge >= 0.3 is 0 Å². The van der Waals surface area contributed by atoms with Gasteiger partial charge in [-0.15, -0.1) is 0 Å². The van der Waals surface area contributed by atoms with Gasteiger partial charge in [0.25, 0.3) is 0 Å². The summed E-state index contributed by atoms with van der Waals surface area (Å²) >= 11 is 3.48. The average molecular weight is 406 g/mol. The Balaban J connectivity index is 1.82. The van der Waals surface area contributed by atoms with Crippen LogP contribution in [-0.4, -0.2) is 12.1 Å². The second-order valence-corrected chi connectivity index (χ2v) is 6.73. The van der Waals surface area contributed by atoms with E-state index in [1.54, 1.807) is 7.11 Å². The van der Waals surface area contributed by atoms with Crippen LogP contribution in [0.1, 0.15) is 0 Å². The molecule has 0 radical (unpaired) electrons. The Morgan fingerprint density at radius 3 is 2.23 bits per heavy atom. The van der Waals surface area contributed by atoms with Crippen LogP contribution in [0.25, 0.3) is 22.2 Å². The fraction of sp³-hybridized carbons (Fsp3) is 0.0455. The van der Waals surface area contributed by atoms with Gasteiger partial charge < -0.3 is 9.47 Å². The van der Waals surface area contributed by atoms with E-state index >= 15 is 0 Å². The van der Waals surface area contributed by atoms with Gasteiger partial charge in [-0.2, -0.15) is 0 Å². The highest BCUT2D eigenvalue weighted by molar-refractivity contribution is 9.10. The number of halogens is 1. The van der Waals surface area contributed by atoms with Gasteiger partial charge in [0.1, 0.15) is 17.2 Å². The maximum Gasteiger partial charge on any atom is 0.154 e. The first kappa shape index (κ1) is 16.6. The lowest BCUT2D eigenvalue weighted by Gasteiger charge is -2.13. The van der Waals surface area contributed by atoms with Crippen LogP contribution in [0.5, 0.6) is 17.2 Å². The number of fused-ring (bicyclic) bond motifs is 1. The zero-order valence-corrected chi connectivity index (χ0v) is 15.7. The quantitative estimate of drug-likeness (QED) is 0.390. The van der Waals surface area contributed by atoms with E-state index in [1.165, 1.54) is 0 Å². The highest BCUT2D eigenvalue weighted by Crippen LogP contribution is 2.35. The Morgan fingerprint density at radius 2 is 1.50 bits per heavy atom. The summed E-state index contributed by atoms with van der Waals surface area (Å²) in [6, 6.07) is 25.7. The van der Waals surface area contributed by atoms with Crippen molar-refractivity contribution in [2.75, 3.05) is 7.11 Å². The molecule has 0 spiro atoms. The lowest BCUT2D eigenvalue weighted by Crippen LogP contribution is -1.93. The largest absolute Gasteiger partial charge is 0.497 e. The van der Waals surface area contributed by atoms with E-state index in [0.29, 0.717) is 0 Å². The minimum absolute atomic E-state index is 0.719. The zero-order valence-electron chi connectivity index (χ0n) is 14.1. The van der Waals surface area contributed by atoms with Crippen molar-refractivity contribution in [3.63, 3.8) is 0 Å². The maximum absolute atomic E-state index is 6.17. The third-order valence-electron chi connectivity index (χ3n) is 4.09. The van der Waals surface area contributed by atoms with Crippen LogP contribution in [-0.2, 0) is 0 Å². The first-order chi connectivity index (χ1) is 12.7. The molecule has 0 N–H and O–H groups in total. The highest BCUT2D eigenvalue weighted by atomic mass is 79.9. The number of nitrogens with zero attached hydrogens (tertiary/aromatic N) is 1. The van der Waals surface area contributed by atoms with Gasteiger partial charge in [-0.05, 0) is 48.5 Å². The standard InChI is InChI=1S/C22H16BrNO2/c1-25-18-10-12-19(13-11-18)26-21-14-16-4-2-3-5-20(16)24-22(21)15-6-8-17(23)9-7-15/h2-14H,1H3. The topological polar surface area (TPSA) is 31.4 Å². The number of rotatable bonds is 4. The minimum atomic E-state index is 0.719. The predicted octanol–water partition coefficient (Wildman–Crippen LogP) is 6.47. The molecular weight excluding hydrogens is 390 g/mol. The Morgan fingerprint density at radius 1 is 0.808 bits per heavy atom. The highest BCUT2D eigenvalue weighted by Gasteiger charge is 2.12. The zero-order chi connectivity index (χ0) is 17.9. The molecule has 0 saturated carbocycles. The number of aromatic nitrogens is 1. The average Bonchev–Trinajstić information content (AvgIpc) is 2.69. The van der Waals surface area contributed by atoms with E-state index in [1.807, 2.05) is 78.9 Å². The number of pyridine rings is 1. The van der Waals surface area contributed by atoms with E-state index in [9.17, 15) is 0 Å². The molecule has 0 aliphatic carbocycles. The molecule has 0 unspecified atom stereocenters. The summed E-state index contributed by atoms with van der Waals surface area (Å²) in [6.45, 7) is 0. The molecule has 4 heteroatoms. The lowest BCUT2D eigenvalue weighted by molar-refractivity contribution is 0.413. The predicted molar refractivity (Wildman–Crippen MR) is 108 cm³/mol. The monoisotopic (exact) mass is 405 g/mol. The van der Waals surface area contributed by atoms with Crippen molar-refractivity contribution in [1.82, 2.24) is 4.98 Å². The fourth-order valence-electron chi connectivity index (χ4n) is 2.76. The van der Waals surface area contributed by atoms with Gasteiger partial charge in [-0.1, -0.05) is 46.3 Å². The summed E-state index contributed by atoms with van der Waals surface area (Å²) in [5.74, 6) is 2.25. The van der Waals surface area contributed by atoms with Crippen LogP contribution in [0, 0.1) is 0 Å². The Hall–Kier alpha value is -2.85. The van der Waals surface area contributed by atoms with Gasteiger partial charge in [0.2, 0.25) is 0 Å². The summed E-state index contributed by atoms with van der Waals surface area (Å²) in [5, 5.41) is 1.04. The molecule has 0 amide bonds. The molecule has 26 heavy (non-hydrogen) atoms. The Kier molecular flexibility index (Phi) is 4.59. The summed E-state index contributed by atoms with van der Waals surface area (Å²) < 4.78 is 12.4. The van der Waals surface area contributed by atoms with Crippen LogP contribution >= 0.6 is 15.9 Å². The lowest BCUT2D eigenvalue weighted by atomic mass is 10.1. The summed E-state index contributed by atoms with van der Waals surface area (Å²) in [4.78, 5) is 4.84. The molecule has 0 atom stereocenters. The first-order valence-electron chi connectivity index (χ1n) is 8.20. The molecule has 128 valence electrons. The summed E-state index contributed by atoms with van der Waals surface area (Å²) in [5.41, 5.74) is 2.75. The van der Waals surface area contributed by atoms with Crippen LogP contribution in [0.4, 0.5) is 0 Å². The van der Waals surface area contributed by atoms with Crippen molar-refractivity contribution in [1.29, 1.82) is 0 Å². The van der Waals surface area contributed by atoms with Crippen molar-refractivity contribution in [3.05, 3.63) is 83.3 Å². The maximum atomic E-state index is 6.17. The van der Waals surface area contributed by atoms with Gasteiger partial charge in [0.05, 0.1) is 12.6 Å². The van der Waals surface area contributed by atoms with Crippen molar-refractivity contribution >= 4 is 26.8 Å². The third-order valence-corrected chi connectivity index (χ3v) is 4.62. The van der Waals surface area contributed by atoms with Gasteiger partial charge in [0.15, 0.2) is 5.75 Å². The normalized spacial score (nSPS) is 10.7. The molecule has 0 fully saturated rings. The van der Waals surface area contributed by atoms with Crippen LogP contribution in [0.3, 0.4) is 0 Å². The van der Waals surface area contributed by atoms with Crippen LogP contribution < -0.4 is 9.47 Å². The van der Waals surface area contributed by atoms with E-state index in [4.69, 9.17) is 14.5 Å². The van der Waals surface area contributed by atoms with Crippen molar-refractivity contribution in [2.45, 2.75) is 0 Å². The number of methoxy groups -OCH3 is 1. The first-order valence-corrected chi connectivity index (χ1v) is 9.00. The van der Waals surface area contributed by atoms with Gasteiger partial charge in [-0.3, -0.25) is 0 Å². The molecule has 4 rings (SSSR count). The molecule has 4 aromatic rings. The molecular formula is C22H16BrNO2. The van der Waals surface area contributed by atoms with Crippen molar-refractivity contribution in [3.8, 4) is 28.5 Å². The summed E-state index contributed by atoms with van der Waals surface area (Å²) in [6.07, 6.45) is 0. The second kappa shape index (κ2) is 7.18. The van der Waals surface area contributed by atoms with Crippen molar-refractivity contribution < 1.29 is 9.47 Å². The number of hydrogen-bond donors (Lipinski definition) is 0. The van der Waals surface area contributed by atoms with E-state index in [-0.39, 0.29) is 0 Å². The van der Waals surface area contributed by atoms with Crippen LogP contribution in [0.2, 0.25) is 0 Å². The summed E-state index contributed by atoms with van der Waals surface area (Å²) in [7, 11) is 1.65. The Labute approximate surface area is 160 Å². The Bertz CT molecular complexity index is 1040. The molecule has 3 aromatic carbocycles. The molecule has 0 aliphatic rings. The molecule has 3 nitrogen and oxygen atoms in total. The van der Waals surface area contributed by atoms with E-state index < -0.39 is 0 Å². The second-order valence-electron chi connectivity index (χ2n) is 5.81. The van der Waals surface area contributed by atoms with Gasteiger partial charge in [-0.25, -0.2) is 4.98 Å². The SMILES string of the molecule is COc1ccc(Oc2cc3ccccc3nc2-c2ccc(Br)cc2)cc1. The number of para-hydroxylation sites is 1. The molecule has 1 aromatic heterocycles. The number of benzene rings is 3. The fourth-order valence-corrected chi connectivity index (χ4v) is 3.02. The molecule has 0 aliphatic heterocycles. The van der Waals surface area contributed by atoms with E-state index in [2.05, 4.69) is 15.9 Å². The molecule has 0 bridgehead atoms. The smallest absolute Gasteiger partial charge is 0.154 e. The number of hydrogen-bond acceptors (Lipinski definition) is 3. The van der Waals surface area contributed by atoms with Crippen LogP contribution in [0.15, 0.2) is 83.3 Å². The minimum Gasteiger partial charge on any atom is -0.497 e. The molecule has 0 saturated heterocycles. The van der Waals surface area contributed by atoms with Crippen molar-refractivity contribution in [2.24, 2.45) is 0 Å².